The Kier molecular flexibility index (Phi) is 2.95. The second kappa shape index (κ2) is 4.76. The number of benzene rings is 1. The van der Waals surface area contributed by atoms with E-state index in [1.165, 1.54) is 11.5 Å². The number of nitrogens with one attached hydrogen (secondary N) is 1. The maximum Gasteiger partial charge on any atom is 0.192 e. The number of H-pyrrole nitrogens is 1. The second-order valence-electron chi connectivity index (χ2n) is 3.56. The monoisotopic (exact) mass is 288 g/mol. The number of hydrogen-bond acceptors (Lipinski definition) is 6. The van der Waals surface area contributed by atoms with Crippen LogP contribution in [0, 0.1) is 11.3 Å². The molecule has 0 amide bonds. The Morgan fingerprint density at radius 2 is 2.00 bits per heavy atom. The molecule has 0 radical (unpaired) electrons. The minimum Gasteiger partial charge on any atom is -0.213 e. The summed E-state index contributed by atoms with van der Waals surface area (Å²) in [4.78, 5) is 4.35. The van der Waals surface area contributed by atoms with Crippen LogP contribution in [0.15, 0.2) is 24.3 Å². The van der Waals surface area contributed by atoms with Crippen LogP contribution in [-0.4, -0.2) is 24.8 Å². The molecule has 0 bridgehead atoms. The van der Waals surface area contributed by atoms with Crippen molar-refractivity contribution < 1.29 is 0 Å². The van der Waals surface area contributed by atoms with Crippen molar-refractivity contribution in [2.45, 2.75) is 0 Å². The van der Waals surface area contributed by atoms with Crippen LogP contribution in [0.3, 0.4) is 0 Å². The number of aromatic nitrogens is 5. The summed E-state index contributed by atoms with van der Waals surface area (Å²) in [5.41, 5.74) is 1.48. The number of nitriles is 1. The predicted octanol–water partition coefficient (Wildman–Crippen LogP) is 2.52. The van der Waals surface area contributed by atoms with E-state index in [1.807, 2.05) is 18.2 Å². The van der Waals surface area contributed by atoms with Crippen molar-refractivity contribution in [1.82, 2.24) is 24.8 Å². The fraction of sp³-hybridized carbons (Fsp3) is 0. The van der Waals surface area contributed by atoms with Crippen LogP contribution < -0.4 is 0 Å². The third-order valence-corrected chi connectivity index (χ3v) is 3.36. The van der Waals surface area contributed by atoms with Crippen LogP contribution in [-0.2, 0) is 0 Å². The molecule has 0 saturated carbocycles. The van der Waals surface area contributed by atoms with Gasteiger partial charge in [0.1, 0.15) is 6.07 Å². The number of aromatic amines is 1. The molecule has 0 aliphatic heterocycles. The summed E-state index contributed by atoms with van der Waals surface area (Å²) >= 11 is 7.00. The lowest BCUT2D eigenvalue weighted by Gasteiger charge is -1.94. The summed E-state index contributed by atoms with van der Waals surface area (Å²) in [5.74, 6) is 0.573. The maximum atomic E-state index is 8.89. The average molecular weight is 289 g/mol. The molecule has 6 nitrogen and oxygen atoms in total. The molecular formula is C11H5ClN6S. The fourth-order valence-electron chi connectivity index (χ4n) is 1.49. The van der Waals surface area contributed by atoms with E-state index >= 15 is 0 Å². The highest BCUT2D eigenvalue weighted by molar-refractivity contribution is 7.09. The number of nitrogens with zero attached hydrogens (tertiary/aromatic N) is 5. The molecule has 92 valence electrons. The molecule has 0 aliphatic carbocycles. The minimum atomic E-state index is 0.207. The molecule has 1 aromatic carbocycles. The van der Waals surface area contributed by atoms with Gasteiger partial charge < -0.3 is 0 Å². The Bertz CT molecular complexity index is 754. The van der Waals surface area contributed by atoms with Crippen LogP contribution in [0.4, 0.5) is 0 Å². The average Bonchev–Trinajstić information content (AvgIpc) is 3.07. The first-order valence-corrected chi connectivity index (χ1v) is 6.34. The first kappa shape index (κ1) is 11.8. The first-order chi connectivity index (χ1) is 9.28. The van der Waals surface area contributed by atoms with E-state index in [2.05, 4.69) is 24.8 Å². The summed E-state index contributed by atoms with van der Waals surface area (Å²) in [6, 6.07) is 9.16. The van der Waals surface area contributed by atoms with Crippen LogP contribution >= 0.6 is 23.1 Å². The fourth-order valence-corrected chi connectivity index (χ4v) is 2.30. The lowest BCUT2D eigenvalue weighted by molar-refractivity contribution is 0.937. The second-order valence-corrected chi connectivity index (χ2v) is 4.75. The molecule has 8 heteroatoms. The van der Waals surface area contributed by atoms with Crippen molar-refractivity contribution in [2.24, 2.45) is 0 Å². The van der Waals surface area contributed by atoms with E-state index in [0.29, 0.717) is 21.5 Å². The van der Waals surface area contributed by atoms with Gasteiger partial charge in [-0.1, -0.05) is 11.6 Å². The highest BCUT2D eigenvalue weighted by atomic mass is 35.5. The molecule has 0 fully saturated rings. The summed E-state index contributed by atoms with van der Waals surface area (Å²) in [5, 5.41) is 20.1. The van der Waals surface area contributed by atoms with Gasteiger partial charge in [0.2, 0.25) is 0 Å². The Morgan fingerprint density at radius 3 is 2.74 bits per heavy atom. The van der Waals surface area contributed by atoms with Crippen molar-refractivity contribution in [3.8, 4) is 28.2 Å². The van der Waals surface area contributed by atoms with E-state index in [9.17, 15) is 0 Å². The lowest BCUT2D eigenvalue weighted by Crippen LogP contribution is -1.83. The Balaban J connectivity index is 2.00. The normalized spacial score (nSPS) is 10.3. The number of halogens is 1. The molecule has 0 unspecified atom stereocenters. The van der Waals surface area contributed by atoms with Gasteiger partial charge >= 0.3 is 0 Å². The van der Waals surface area contributed by atoms with Crippen LogP contribution in [0.1, 0.15) is 5.69 Å². The van der Waals surface area contributed by atoms with Crippen molar-refractivity contribution in [3.63, 3.8) is 0 Å². The summed E-state index contributed by atoms with van der Waals surface area (Å²) < 4.78 is 4.24. The third kappa shape index (κ3) is 2.19. The smallest absolute Gasteiger partial charge is 0.192 e. The van der Waals surface area contributed by atoms with Crippen molar-refractivity contribution in [3.05, 3.63) is 35.0 Å². The van der Waals surface area contributed by atoms with Crippen molar-refractivity contribution in [1.29, 1.82) is 5.26 Å². The molecule has 2 heterocycles. The molecule has 3 aromatic rings. The lowest BCUT2D eigenvalue weighted by atomic mass is 10.2. The minimum absolute atomic E-state index is 0.207. The highest BCUT2D eigenvalue weighted by Gasteiger charge is 2.15. The van der Waals surface area contributed by atoms with Gasteiger partial charge in [0.05, 0.1) is 0 Å². The van der Waals surface area contributed by atoms with E-state index in [1.54, 1.807) is 12.1 Å². The zero-order valence-electron chi connectivity index (χ0n) is 9.33. The zero-order chi connectivity index (χ0) is 13.2. The van der Waals surface area contributed by atoms with E-state index in [0.717, 1.165) is 5.56 Å². The quantitative estimate of drug-likeness (QED) is 0.782. The highest BCUT2D eigenvalue weighted by Crippen LogP contribution is 2.26. The van der Waals surface area contributed by atoms with Gasteiger partial charge in [-0.05, 0) is 35.8 Å². The van der Waals surface area contributed by atoms with Gasteiger partial charge in [-0.15, -0.1) is 5.10 Å². The topological polar surface area (TPSA) is 91.1 Å². The van der Waals surface area contributed by atoms with Gasteiger partial charge in [-0.2, -0.15) is 19.9 Å². The SMILES string of the molecule is N#Cc1n[nH]nc1-c1nc(-c2ccc(Cl)cc2)ns1. The molecule has 19 heavy (non-hydrogen) atoms. The molecule has 0 aliphatic rings. The van der Waals surface area contributed by atoms with Gasteiger partial charge in [0, 0.05) is 10.6 Å². The number of hydrogen-bond donors (Lipinski definition) is 1. The third-order valence-electron chi connectivity index (χ3n) is 2.38. The molecule has 3 rings (SSSR count). The first-order valence-electron chi connectivity index (χ1n) is 5.19. The van der Waals surface area contributed by atoms with E-state index < -0.39 is 0 Å². The van der Waals surface area contributed by atoms with Gasteiger partial charge in [-0.3, -0.25) is 0 Å². The standard InChI is InChI=1S/C11H5ClN6S/c12-7-3-1-6(2-4-7)10-14-11(19-17-10)9-8(5-13)15-18-16-9/h1-4H,(H,15,16,18). The maximum absolute atomic E-state index is 8.89. The predicted molar refractivity (Wildman–Crippen MR) is 70.4 cm³/mol. The molecule has 0 spiro atoms. The molecule has 0 atom stereocenters. The molecule has 1 N–H and O–H groups in total. The number of rotatable bonds is 2. The summed E-state index contributed by atoms with van der Waals surface area (Å²) in [7, 11) is 0. The largest absolute Gasteiger partial charge is 0.213 e. The molecule has 0 saturated heterocycles. The Labute approximate surface area is 116 Å². The Hall–Kier alpha value is -2.30. The zero-order valence-corrected chi connectivity index (χ0v) is 10.9. The molecular weight excluding hydrogens is 284 g/mol. The van der Waals surface area contributed by atoms with Crippen LogP contribution in [0.5, 0.6) is 0 Å². The van der Waals surface area contributed by atoms with Crippen molar-refractivity contribution in [2.75, 3.05) is 0 Å². The van der Waals surface area contributed by atoms with E-state index in [-0.39, 0.29) is 5.69 Å². The van der Waals surface area contributed by atoms with Crippen LogP contribution in [0.2, 0.25) is 5.02 Å². The van der Waals surface area contributed by atoms with Gasteiger partial charge in [0.15, 0.2) is 22.2 Å². The Morgan fingerprint density at radius 1 is 1.21 bits per heavy atom. The van der Waals surface area contributed by atoms with E-state index in [4.69, 9.17) is 16.9 Å². The summed E-state index contributed by atoms with van der Waals surface area (Å²) in [6.07, 6.45) is 0. The molecule has 2 aromatic heterocycles. The van der Waals surface area contributed by atoms with Crippen LogP contribution in [0.25, 0.3) is 22.1 Å². The van der Waals surface area contributed by atoms with Gasteiger partial charge in [-0.25, -0.2) is 4.98 Å². The summed E-state index contributed by atoms with van der Waals surface area (Å²) in [6.45, 7) is 0. The van der Waals surface area contributed by atoms with Gasteiger partial charge in [0.25, 0.3) is 0 Å². The van der Waals surface area contributed by atoms with Crippen molar-refractivity contribution >= 4 is 23.1 Å².